The van der Waals surface area contributed by atoms with Gasteiger partial charge in [0, 0.05) is 29.4 Å². The van der Waals surface area contributed by atoms with Gasteiger partial charge < -0.3 is 9.67 Å². The summed E-state index contributed by atoms with van der Waals surface area (Å²) in [5.41, 5.74) is 3.63. The van der Waals surface area contributed by atoms with Crippen molar-refractivity contribution in [2.24, 2.45) is 0 Å². The van der Waals surface area contributed by atoms with Crippen molar-refractivity contribution < 1.29 is 5.11 Å². The molecule has 16 heavy (non-hydrogen) atoms. The van der Waals surface area contributed by atoms with Crippen LogP contribution in [0.4, 0.5) is 0 Å². The van der Waals surface area contributed by atoms with Gasteiger partial charge in [-0.05, 0) is 39.2 Å². The van der Waals surface area contributed by atoms with Crippen LogP contribution in [0.2, 0.25) is 0 Å². The van der Waals surface area contributed by atoms with E-state index in [1.165, 1.54) is 11.4 Å². The molecule has 1 aromatic heterocycles. The lowest BCUT2D eigenvalue weighted by atomic mass is 9.95. The smallest absolute Gasteiger partial charge is 0.0807 e. The number of hydrogen-bond donors (Lipinski definition) is 1. The Bertz CT molecular complexity index is 425. The van der Waals surface area contributed by atoms with Crippen LogP contribution in [-0.4, -0.2) is 9.67 Å². The van der Waals surface area contributed by atoms with E-state index in [4.69, 9.17) is 6.42 Å². The average Bonchev–Trinajstić information content (AvgIpc) is 2.56. The summed E-state index contributed by atoms with van der Waals surface area (Å²) in [7, 11) is 0. The molecule has 0 saturated heterocycles. The van der Waals surface area contributed by atoms with Gasteiger partial charge in [0.15, 0.2) is 0 Å². The van der Waals surface area contributed by atoms with E-state index in [1.54, 1.807) is 0 Å². The van der Waals surface area contributed by atoms with Crippen molar-refractivity contribution in [3.05, 3.63) is 23.0 Å². The van der Waals surface area contributed by atoms with E-state index < -0.39 is 0 Å². The summed E-state index contributed by atoms with van der Waals surface area (Å²) in [4.78, 5) is 0. The Balaban J connectivity index is 2.42. The lowest BCUT2D eigenvalue weighted by molar-refractivity contribution is 0.155. The van der Waals surface area contributed by atoms with Gasteiger partial charge in [0.1, 0.15) is 0 Å². The van der Waals surface area contributed by atoms with Crippen molar-refractivity contribution in [2.45, 2.75) is 51.7 Å². The maximum atomic E-state index is 9.96. The van der Waals surface area contributed by atoms with Gasteiger partial charge in [-0.15, -0.1) is 12.3 Å². The Morgan fingerprint density at radius 2 is 2.44 bits per heavy atom. The molecule has 1 aromatic rings. The fourth-order valence-electron chi connectivity index (χ4n) is 2.78. The van der Waals surface area contributed by atoms with Crippen LogP contribution in [0.5, 0.6) is 0 Å². The molecule has 1 N–H and O–H groups in total. The van der Waals surface area contributed by atoms with E-state index in [0.717, 1.165) is 31.2 Å². The fraction of sp³-hybridized carbons (Fsp3) is 0.571. The summed E-state index contributed by atoms with van der Waals surface area (Å²) < 4.78 is 2.30. The molecular formula is C14H19NO. The van der Waals surface area contributed by atoms with Crippen LogP contribution < -0.4 is 0 Å². The average molecular weight is 217 g/mol. The Morgan fingerprint density at radius 1 is 1.69 bits per heavy atom. The maximum Gasteiger partial charge on any atom is 0.0807 e. The number of aliphatic hydroxyl groups is 1. The summed E-state index contributed by atoms with van der Waals surface area (Å²) in [5.74, 6) is 2.72. The minimum atomic E-state index is -0.276. The second kappa shape index (κ2) is 4.35. The summed E-state index contributed by atoms with van der Waals surface area (Å²) in [5, 5.41) is 9.96. The Morgan fingerprint density at radius 3 is 3.12 bits per heavy atom. The molecule has 1 aliphatic carbocycles. The van der Waals surface area contributed by atoms with E-state index in [1.807, 2.05) is 0 Å². The molecule has 0 amide bonds. The van der Waals surface area contributed by atoms with Crippen molar-refractivity contribution in [3.63, 3.8) is 0 Å². The van der Waals surface area contributed by atoms with Gasteiger partial charge in [-0.3, -0.25) is 0 Å². The van der Waals surface area contributed by atoms with Gasteiger partial charge in [-0.2, -0.15) is 0 Å². The second-order valence-electron chi connectivity index (χ2n) is 4.72. The first-order valence-corrected chi connectivity index (χ1v) is 5.97. The predicted octanol–water partition coefficient (Wildman–Crippen LogP) is 2.75. The molecule has 86 valence electrons. The van der Waals surface area contributed by atoms with Crippen molar-refractivity contribution in [2.75, 3.05) is 0 Å². The quantitative estimate of drug-likeness (QED) is 0.757. The molecule has 2 unspecified atom stereocenters. The van der Waals surface area contributed by atoms with Crippen molar-refractivity contribution >= 4 is 0 Å². The van der Waals surface area contributed by atoms with Crippen LogP contribution in [0.25, 0.3) is 0 Å². The monoisotopic (exact) mass is 217 g/mol. The van der Waals surface area contributed by atoms with Crippen LogP contribution in [-0.2, 0) is 6.42 Å². The third-order valence-corrected chi connectivity index (χ3v) is 3.47. The number of terminal acetylenes is 1. The number of aromatic nitrogens is 1. The zero-order valence-corrected chi connectivity index (χ0v) is 10.0. The van der Waals surface area contributed by atoms with Gasteiger partial charge in [0.2, 0.25) is 0 Å². The standard InChI is InChI=1S/C14H19NO/c1-4-6-10(2)15-11(3)9-12-13(15)7-5-8-14(12)16/h1,9-10,14,16H,5-8H2,2-3H3. The van der Waals surface area contributed by atoms with Gasteiger partial charge in [0.25, 0.3) is 0 Å². The first kappa shape index (κ1) is 11.3. The van der Waals surface area contributed by atoms with Crippen LogP contribution in [0.3, 0.4) is 0 Å². The topological polar surface area (TPSA) is 25.2 Å². The van der Waals surface area contributed by atoms with Crippen molar-refractivity contribution in [1.29, 1.82) is 0 Å². The van der Waals surface area contributed by atoms with Crippen LogP contribution >= 0.6 is 0 Å². The fourth-order valence-corrected chi connectivity index (χ4v) is 2.78. The summed E-state index contributed by atoms with van der Waals surface area (Å²) >= 11 is 0. The zero-order valence-electron chi connectivity index (χ0n) is 10.0. The zero-order chi connectivity index (χ0) is 11.7. The van der Waals surface area contributed by atoms with Crippen molar-refractivity contribution in [1.82, 2.24) is 4.57 Å². The van der Waals surface area contributed by atoms with E-state index in [-0.39, 0.29) is 6.10 Å². The molecule has 0 bridgehead atoms. The normalized spacial score (nSPS) is 21.2. The van der Waals surface area contributed by atoms with Gasteiger partial charge in [-0.1, -0.05) is 0 Å². The largest absolute Gasteiger partial charge is 0.388 e. The van der Waals surface area contributed by atoms with Crippen LogP contribution in [0.15, 0.2) is 6.07 Å². The van der Waals surface area contributed by atoms with Crippen molar-refractivity contribution in [3.8, 4) is 12.3 Å². The predicted molar refractivity (Wildman–Crippen MR) is 65.2 cm³/mol. The molecule has 0 radical (unpaired) electrons. The number of nitrogens with zero attached hydrogens (tertiary/aromatic N) is 1. The highest BCUT2D eigenvalue weighted by Gasteiger charge is 2.24. The highest BCUT2D eigenvalue weighted by molar-refractivity contribution is 5.32. The number of fused-ring (bicyclic) bond motifs is 1. The number of rotatable bonds is 2. The van der Waals surface area contributed by atoms with Crippen LogP contribution in [0, 0.1) is 19.3 Å². The number of aryl methyl sites for hydroxylation is 1. The Labute approximate surface area is 97.3 Å². The Kier molecular flexibility index (Phi) is 3.07. The SMILES string of the molecule is C#CCC(C)n1c(C)cc2c1CCCC2O. The molecule has 0 aliphatic heterocycles. The van der Waals surface area contributed by atoms with E-state index in [2.05, 4.69) is 30.4 Å². The van der Waals surface area contributed by atoms with Gasteiger partial charge in [-0.25, -0.2) is 0 Å². The van der Waals surface area contributed by atoms with E-state index >= 15 is 0 Å². The lowest BCUT2D eigenvalue weighted by Crippen LogP contribution is -2.15. The molecule has 2 rings (SSSR count). The molecule has 2 heteroatoms. The number of aliphatic hydroxyl groups excluding tert-OH is 1. The second-order valence-corrected chi connectivity index (χ2v) is 4.72. The Hall–Kier alpha value is -1.20. The highest BCUT2D eigenvalue weighted by atomic mass is 16.3. The van der Waals surface area contributed by atoms with Gasteiger partial charge >= 0.3 is 0 Å². The molecule has 0 fully saturated rings. The highest BCUT2D eigenvalue weighted by Crippen LogP contribution is 2.34. The third-order valence-electron chi connectivity index (χ3n) is 3.47. The first-order chi connectivity index (χ1) is 7.65. The molecule has 2 atom stereocenters. The minimum absolute atomic E-state index is 0.276. The van der Waals surface area contributed by atoms with Gasteiger partial charge in [0.05, 0.1) is 6.10 Å². The molecular weight excluding hydrogens is 198 g/mol. The molecule has 0 spiro atoms. The molecule has 0 aromatic carbocycles. The van der Waals surface area contributed by atoms with Crippen LogP contribution in [0.1, 0.15) is 55.3 Å². The molecule has 1 aliphatic rings. The van der Waals surface area contributed by atoms with E-state index in [9.17, 15) is 5.11 Å². The molecule has 1 heterocycles. The lowest BCUT2D eigenvalue weighted by Gasteiger charge is -2.23. The summed E-state index contributed by atoms with van der Waals surface area (Å²) in [6.45, 7) is 4.24. The molecule has 0 saturated carbocycles. The number of hydrogen-bond acceptors (Lipinski definition) is 1. The van der Waals surface area contributed by atoms with E-state index in [0.29, 0.717) is 6.04 Å². The third kappa shape index (κ3) is 1.76. The summed E-state index contributed by atoms with van der Waals surface area (Å²) in [6, 6.07) is 2.45. The molecule has 2 nitrogen and oxygen atoms in total. The first-order valence-electron chi connectivity index (χ1n) is 5.97. The summed E-state index contributed by atoms with van der Waals surface area (Å²) in [6.07, 6.45) is 8.87. The minimum Gasteiger partial charge on any atom is -0.388 e. The maximum absolute atomic E-state index is 9.96.